The zero-order chi connectivity index (χ0) is 9.80. The van der Waals surface area contributed by atoms with Gasteiger partial charge in [-0.25, -0.2) is 0 Å². The molecule has 14 heavy (non-hydrogen) atoms. The van der Waals surface area contributed by atoms with Gasteiger partial charge in [-0.05, 0) is 31.8 Å². The molecule has 0 aromatic heterocycles. The molecule has 0 aromatic rings. The summed E-state index contributed by atoms with van der Waals surface area (Å²) in [6.07, 6.45) is 5.55. The molecule has 0 bridgehead atoms. The lowest BCUT2D eigenvalue weighted by molar-refractivity contribution is -0.0854. The van der Waals surface area contributed by atoms with Crippen molar-refractivity contribution in [2.24, 2.45) is 5.92 Å². The summed E-state index contributed by atoms with van der Waals surface area (Å²) >= 11 is 0. The van der Waals surface area contributed by atoms with Crippen molar-refractivity contribution >= 4 is 0 Å². The van der Waals surface area contributed by atoms with Crippen molar-refractivity contribution < 1.29 is 9.47 Å². The van der Waals surface area contributed by atoms with Gasteiger partial charge in [0.1, 0.15) is 0 Å². The Morgan fingerprint density at radius 3 is 2.71 bits per heavy atom. The molecule has 2 rings (SSSR count). The number of allylic oxidation sites excluding steroid dienone is 2. The molecule has 0 aromatic carbocycles. The van der Waals surface area contributed by atoms with Crippen molar-refractivity contribution in [3.63, 3.8) is 0 Å². The molecule has 1 fully saturated rings. The van der Waals surface area contributed by atoms with Gasteiger partial charge in [0.05, 0.1) is 13.2 Å². The molecule has 1 aliphatic heterocycles. The van der Waals surface area contributed by atoms with Gasteiger partial charge in [-0.15, -0.1) is 5.92 Å². The summed E-state index contributed by atoms with van der Waals surface area (Å²) in [6.45, 7) is 3.40. The van der Waals surface area contributed by atoms with E-state index in [1.807, 2.05) is 6.92 Å². The first-order valence-electron chi connectivity index (χ1n) is 5.25. The van der Waals surface area contributed by atoms with Crippen molar-refractivity contribution in [3.05, 3.63) is 11.6 Å². The average Bonchev–Trinajstić information content (AvgIpc) is 2.72. The number of hydrogen-bond acceptors (Lipinski definition) is 2. The highest BCUT2D eigenvalue weighted by Crippen LogP contribution is 2.29. The van der Waals surface area contributed by atoms with Crippen molar-refractivity contribution in [3.8, 4) is 11.8 Å². The van der Waals surface area contributed by atoms with Gasteiger partial charge in [0.2, 0.25) is 0 Å². The average molecular weight is 192 g/mol. The Balaban J connectivity index is 1.90. The molecule has 0 spiro atoms. The van der Waals surface area contributed by atoms with Gasteiger partial charge in [0.25, 0.3) is 0 Å². The highest BCUT2D eigenvalue weighted by Gasteiger charge is 2.27. The predicted molar refractivity (Wildman–Crippen MR) is 54.6 cm³/mol. The second kappa shape index (κ2) is 4.63. The van der Waals surface area contributed by atoms with Gasteiger partial charge < -0.3 is 9.47 Å². The first-order chi connectivity index (χ1) is 6.90. The monoisotopic (exact) mass is 192 g/mol. The second-order valence-corrected chi connectivity index (χ2v) is 3.75. The first-order valence-corrected chi connectivity index (χ1v) is 5.25. The fourth-order valence-electron chi connectivity index (χ4n) is 2.02. The van der Waals surface area contributed by atoms with Crippen molar-refractivity contribution in [2.45, 2.75) is 32.5 Å². The Morgan fingerprint density at radius 1 is 1.36 bits per heavy atom. The maximum atomic E-state index is 5.50. The Bertz CT molecular complexity index is 276. The van der Waals surface area contributed by atoms with Crippen LogP contribution in [0, 0.1) is 17.8 Å². The lowest BCUT2D eigenvalue weighted by atomic mass is 9.89. The second-order valence-electron chi connectivity index (χ2n) is 3.75. The van der Waals surface area contributed by atoms with E-state index < -0.39 is 0 Å². The molecule has 1 aliphatic carbocycles. The first kappa shape index (κ1) is 9.76. The standard InChI is InChI=1S/C12H16O2/c1-2-3-10-4-6-11(7-5-10)12-13-8-9-14-12/h4,11-12H,5-9H2,1H3. The fourth-order valence-corrected chi connectivity index (χ4v) is 2.02. The lowest BCUT2D eigenvalue weighted by Gasteiger charge is -2.24. The van der Waals surface area contributed by atoms with E-state index in [0.29, 0.717) is 5.92 Å². The number of ether oxygens (including phenoxy) is 2. The predicted octanol–water partition coefficient (Wildman–Crippen LogP) is 2.11. The minimum absolute atomic E-state index is 0.0439. The van der Waals surface area contributed by atoms with E-state index >= 15 is 0 Å². The van der Waals surface area contributed by atoms with Crippen molar-refractivity contribution in [2.75, 3.05) is 13.2 Å². The topological polar surface area (TPSA) is 18.5 Å². The summed E-state index contributed by atoms with van der Waals surface area (Å²) in [5, 5.41) is 0. The van der Waals surface area contributed by atoms with Gasteiger partial charge in [0.15, 0.2) is 6.29 Å². The normalized spacial score (nSPS) is 28.1. The van der Waals surface area contributed by atoms with E-state index in [-0.39, 0.29) is 6.29 Å². The van der Waals surface area contributed by atoms with Crippen LogP contribution in [0.15, 0.2) is 11.6 Å². The summed E-state index contributed by atoms with van der Waals surface area (Å²) in [5.74, 6) is 6.61. The Kier molecular flexibility index (Phi) is 3.23. The SMILES string of the molecule is CC#CC1=CCC(C2OCCO2)CC1. The number of rotatable bonds is 1. The summed E-state index contributed by atoms with van der Waals surface area (Å²) in [5.41, 5.74) is 1.28. The molecule has 1 saturated heterocycles. The summed E-state index contributed by atoms with van der Waals surface area (Å²) < 4.78 is 11.0. The fraction of sp³-hybridized carbons (Fsp3) is 0.667. The Morgan fingerprint density at radius 2 is 2.14 bits per heavy atom. The van der Waals surface area contributed by atoms with Crippen molar-refractivity contribution in [1.29, 1.82) is 0 Å². The van der Waals surface area contributed by atoms with Gasteiger partial charge in [-0.1, -0.05) is 12.0 Å². The molecule has 76 valence electrons. The van der Waals surface area contributed by atoms with Gasteiger partial charge in [-0.3, -0.25) is 0 Å². The Labute approximate surface area is 85.3 Å². The summed E-state index contributed by atoms with van der Waals surface area (Å²) in [4.78, 5) is 0. The van der Waals surface area contributed by atoms with Gasteiger partial charge in [0, 0.05) is 5.92 Å². The van der Waals surface area contributed by atoms with Crippen LogP contribution in [0.3, 0.4) is 0 Å². The molecular weight excluding hydrogens is 176 g/mol. The van der Waals surface area contributed by atoms with E-state index in [0.717, 1.165) is 32.5 Å². The zero-order valence-corrected chi connectivity index (χ0v) is 8.58. The van der Waals surface area contributed by atoms with Gasteiger partial charge in [-0.2, -0.15) is 0 Å². The Hall–Kier alpha value is -0.780. The smallest absolute Gasteiger partial charge is 0.160 e. The minimum atomic E-state index is 0.0439. The summed E-state index contributed by atoms with van der Waals surface area (Å²) in [6, 6.07) is 0. The van der Waals surface area contributed by atoms with Crippen LogP contribution < -0.4 is 0 Å². The van der Waals surface area contributed by atoms with Crippen LogP contribution in [0.25, 0.3) is 0 Å². The zero-order valence-electron chi connectivity index (χ0n) is 8.58. The molecule has 1 heterocycles. The van der Waals surface area contributed by atoms with Crippen molar-refractivity contribution in [1.82, 2.24) is 0 Å². The quantitative estimate of drug-likeness (QED) is 0.592. The van der Waals surface area contributed by atoms with E-state index in [4.69, 9.17) is 9.47 Å². The van der Waals surface area contributed by atoms with Crippen LogP contribution in [-0.2, 0) is 9.47 Å². The molecule has 2 heteroatoms. The third kappa shape index (κ3) is 2.17. The molecule has 0 radical (unpaired) electrons. The largest absolute Gasteiger partial charge is 0.350 e. The highest BCUT2D eigenvalue weighted by molar-refractivity contribution is 5.29. The van der Waals surface area contributed by atoms with Crippen LogP contribution in [-0.4, -0.2) is 19.5 Å². The molecule has 2 aliphatic rings. The lowest BCUT2D eigenvalue weighted by Crippen LogP contribution is -2.23. The maximum Gasteiger partial charge on any atom is 0.160 e. The molecule has 1 unspecified atom stereocenters. The third-order valence-electron chi connectivity index (χ3n) is 2.77. The van der Waals surface area contributed by atoms with Gasteiger partial charge >= 0.3 is 0 Å². The van der Waals surface area contributed by atoms with E-state index in [1.54, 1.807) is 0 Å². The molecule has 2 nitrogen and oxygen atoms in total. The maximum absolute atomic E-state index is 5.50. The van der Waals surface area contributed by atoms with E-state index in [2.05, 4.69) is 17.9 Å². The molecular formula is C12H16O2. The van der Waals surface area contributed by atoms with E-state index in [9.17, 15) is 0 Å². The van der Waals surface area contributed by atoms with Crippen LogP contribution in [0.5, 0.6) is 0 Å². The minimum Gasteiger partial charge on any atom is -0.350 e. The molecule has 0 N–H and O–H groups in total. The molecule has 0 amide bonds. The van der Waals surface area contributed by atoms with Crippen LogP contribution in [0.1, 0.15) is 26.2 Å². The molecule has 0 saturated carbocycles. The third-order valence-corrected chi connectivity index (χ3v) is 2.77. The number of hydrogen-bond donors (Lipinski definition) is 0. The van der Waals surface area contributed by atoms with Crippen LogP contribution in [0.2, 0.25) is 0 Å². The van der Waals surface area contributed by atoms with E-state index in [1.165, 1.54) is 5.57 Å². The van der Waals surface area contributed by atoms with Crippen LogP contribution >= 0.6 is 0 Å². The molecule has 1 atom stereocenters. The summed E-state index contributed by atoms with van der Waals surface area (Å²) in [7, 11) is 0. The highest BCUT2D eigenvalue weighted by atomic mass is 16.7. The van der Waals surface area contributed by atoms with Crippen LogP contribution in [0.4, 0.5) is 0 Å².